The van der Waals surface area contributed by atoms with Crippen LogP contribution in [-0.4, -0.2) is 36.8 Å². The number of methoxy groups -OCH3 is 1. The van der Waals surface area contributed by atoms with Gasteiger partial charge in [-0.3, -0.25) is 0 Å². The number of rotatable bonds is 2. The minimum absolute atomic E-state index is 0.0217. The summed E-state index contributed by atoms with van der Waals surface area (Å²) in [4.78, 5) is 13.4. The molecule has 0 N–H and O–H groups in total. The molecule has 2 aromatic carbocycles. The topological polar surface area (TPSA) is 38.8 Å². The van der Waals surface area contributed by atoms with Gasteiger partial charge in [0, 0.05) is 12.5 Å². The van der Waals surface area contributed by atoms with Gasteiger partial charge in [-0.25, -0.2) is 4.79 Å². The lowest BCUT2D eigenvalue weighted by atomic mass is 10.1. The van der Waals surface area contributed by atoms with Crippen LogP contribution in [0, 0.1) is 0 Å². The third-order valence-corrected chi connectivity index (χ3v) is 4.88. The number of fused-ring (bicyclic) bond motifs is 1. The number of halogens is 1. The monoisotopic (exact) mass is 363 g/mol. The molecule has 22 heavy (non-hydrogen) atoms. The van der Waals surface area contributed by atoms with Crippen molar-refractivity contribution >= 4 is 32.8 Å². The highest BCUT2D eigenvalue weighted by Crippen LogP contribution is 2.35. The number of hydrogen-bond acceptors (Lipinski definition) is 3. The van der Waals surface area contributed by atoms with Crippen LogP contribution in [0.4, 0.5) is 4.79 Å². The number of hydrogen-bond donors (Lipinski definition) is 0. The first kappa shape index (κ1) is 15.2. The van der Waals surface area contributed by atoms with Crippen LogP contribution in [0.2, 0.25) is 0 Å². The standard InChI is InChI=1S/C17H18BrNO3/c1-11-9-13(10-19(11)17(20)21-2)22-15-8-7-12-5-3-4-6-14(12)16(15)18/h3-8,11,13H,9-10H2,1-2H3/t11-,13-/m1/s1. The van der Waals surface area contributed by atoms with Gasteiger partial charge in [0.15, 0.2) is 0 Å². The Labute approximate surface area is 138 Å². The molecule has 116 valence electrons. The summed E-state index contributed by atoms with van der Waals surface area (Å²) < 4.78 is 11.9. The van der Waals surface area contributed by atoms with Crippen LogP contribution < -0.4 is 4.74 Å². The number of nitrogens with zero attached hydrogens (tertiary/aromatic N) is 1. The minimum atomic E-state index is -0.295. The van der Waals surface area contributed by atoms with Crippen molar-refractivity contribution in [2.24, 2.45) is 0 Å². The molecule has 3 rings (SSSR count). The van der Waals surface area contributed by atoms with Gasteiger partial charge in [-0.2, -0.15) is 0 Å². The summed E-state index contributed by atoms with van der Waals surface area (Å²) in [6.07, 6.45) is 0.483. The Morgan fingerprint density at radius 1 is 1.27 bits per heavy atom. The fraction of sp³-hybridized carbons (Fsp3) is 0.353. The fourth-order valence-electron chi connectivity index (χ4n) is 2.92. The Morgan fingerprint density at radius 3 is 2.82 bits per heavy atom. The molecule has 5 heteroatoms. The second-order valence-corrected chi connectivity index (χ2v) is 6.34. The van der Waals surface area contributed by atoms with Crippen LogP contribution in [0.25, 0.3) is 10.8 Å². The second-order valence-electron chi connectivity index (χ2n) is 5.55. The van der Waals surface area contributed by atoms with E-state index in [0.717, 1.165) is 27.4 Å². The maximum absolute atomic E-state index is 11.7. The van der Waals surface area contributed by atoms with Crippen molar-refractivity contribution in [1.82, 2.24) is 4.90 Å². The van der Waals surface area contributed by atoms with E-state index in [-0.39, 0.29) is 18.2 Å². The fourth-order valence-corrected chi connectivity index (χ4v) is 3.51. The first-order valence-electron chi connectivity index (χ1n) is 7.28. The number of benzene rings is 2. The zero-order valence-electron chi connectivity index (χ0n) is 12.6. The summed E-state index contributed by atoms with van der Waals surface area (Å²) in [6, 6.07) is 12.3. The van der Waals surface area contributed by atoms with Crippen LogP contribution in [0.15, 0.2) is 40.9 Å². The lowest BCUT2D eigenvalue weighted by Crippen LogP contribution is -2.34. The predicted molar refractivity (Wildman–Crippen MR) is 89.3 cm³/mol. The molecule has 0 aliphatic carbocycles. The predicted octanol–water partition coefficient (Wildman–Crippen LogP) is 4.21. The van der Waals surface area contributed by atoms with E-state index in [0.29, 0.717) is 6.54 Å². The first-order chi connectivity index (χ1) is 10.6. The molecule has 0 spiro atoms. The van der Waals surface area contributed by atoms with Crippen LogP contribution >= 0.6 is 15.9 Å². The zero-order valence-corrected chi connectivity index (χ0v) is 14.2. The van der Waals surface area contributed by atoms with E-state index >= 15 is 0 Å². The zero-order chi connectivity index (χ0) is 15.7. The van der Waals surface area contributed by atoms with E-state index in [2.05, 4.69) is 28.1 Å². The summed E-state index contributed by atoms with van der Waals surface area (Å²) in [5.74, 6) is 0.808. The molecular formula is C17H18BrNO3. The van der Waals surface area contributed by atoms with Gasteiger partial charge in [-0.15, -0.1) is 0 Å². The molecule has 0 radical (unpaired) electrons. The highest BCUT2D eigenvalue weighted by atomic mass is 79.9. The van der Waals surface area contributed by atoms with Crippen molar-refractivity contribution in [2.45, 2.75) is 25.5 Å². The first-order valence-corrected chi connectivity index (χ1v) is 8.08. The van der Waals surface area contributed by atoms with Crippen molar-refractivity contribution in [2.75, 3.05) is 13.7 Å². The number of amides is 1. The molecule has 0 unspecified atom stereocenters. The maximum atomic E-state index is 11.7. The van der Waals surface area contributed by atoms with Crippen molar-refractivity contribution in [3.63, 3.8) is 0 Å². The van der Waals surface area contributed by atoms with Crippen molar-refractivity contribution in [1.29, 1.82) is 0 Å². The summed E-state index contributed by atoms with van der Waals surface area (Å²) in [5.41, 5.74) is 0. The Bertz CT molecular complexity index is 703. The normalized spacial score (nSPS) is 21.1. The molecule has 1 saturated heterocycles. The molecule has 1 aliphatic heterocycles. The van der Waals surface area contributed by atoms with Gasteiger partial charge in [-0.05, 0) is 39.7 Å². The second kappa shape index (κ2) is 6.16. The molecule has 1 amide bonds. The van der Waals surface area contributed by atoms with Gasteiger partial charge in [-0.1, -0.05) is 30.3 Å². The summed E-state index contributed by atoms with van der Waals surface area (Å²) in [5, 5.41) is 2.29. The number of carbonyl (C=O) groups is 1. The number of carbonyl (C=O) groups excluding carboxylic acids is 1. The Kier molecular flexibility index (Phi) is 4.25. The molecule has 4 nitrogen and oxygen atoms in total. The molecule has 2 aromatic rings. The Balaban J connectivity index is 1.80. The highest BCUT2D eigenvalue weighted by molar-refractivity contribution is 9.10. The van der Waals surface area contributed by atoms with Crippen LogP contribution in [0.3, 0.4) is 0 Å². The van der Waals surface area contributed by atoms with Gasteiger partial charge >= 0.3 is 6.09 Å². The quantitative estimate of drug-likeness (QED) is 0.801. The number of likely N-dealkylation sites (tertiary alicyclic amines) is 1. The molecule has 0 aromatic heterocycles. The van der Waals surface area contributed by atoms with Crippen molar-refractivity contribution < 1.29 is 14.3 Å². The summed E-state index contributed by atoms with van der Waals surface area (Å²) in [7, 11) is 1.41. The van der Waals surface area contributed by atoms with Crippen molar-refractivity contribution in [3.05, 3.63) is 40.9 Å². The van der Waals surface area contributed by atoms with Crippen molar-refractivity contribution in [3.8, 4) is 5.75 Å². The molecule has 1 heterocycles. The van der Waals surface area contributed by atoms with E-state index in [4.69, 9.17) is 9.47 Å². The van der Waals surface area contributed by atoms with Crippen LogP contribution in [0.5, 0.6) is 5.75 Å². The Morgan fingerprint density at radius 2 is 2.05 bits per heavy atom. The van der Waals surface area contributed by atoms with E-state index in [1.807, 2.05) is 31.2 Å². The van der Waals surface area contributed by atoms with Gasteiger partial charge in [0.2, 0.25) is 0 Å². The van der Waals surface area contributed by atoms with Crippen LogP contribution in [0.1, 0.15) is 13.3 Å². The molecule has 0 bridgehead atoms. The highest BCUT2D eigenvalue weighted by Gasteiger charge is 2.34. The maximum Gasteiger partial charge on any atom is 0.409 e. The molecule has 1 aliphatic rings. The van der Waals surface area contributed by atoms with Crippen LogP contribution in [-0.2, 0) is 4.74 Å². The lowest BCUT2D eigenvalue weighted by molar-refractivity contribution is 0.117. The van der Waals surface area contributed by atoms with E-state index in [9.17, 15) is 4.79 Å². The average Bonchev–Trinajstić information content (AvgIpc) is 2.90. The lowest BCUT2D eigenvalue weighted by Gasteiger charge is -2.19. The van der Waals surface area contributed by atoms with E-state index < -0.39 is 0 Å². The Hall–Kier alpha value is -1.75. The minimum Gasteiger partial charge on any atom is -0.487 e. The van der Waals surface area contributed by atoms with E-state index in [1.54, 1.807) is 4.90 Å². The summed E-state index contributed by atoms with van der Waals surface area (Å²) >= 11 is 3.63. The largest absolute Gasteiger partial charge is 0.487 e. The van der Waals surface area contributed by atoms with Gasteiger partial charge < -0.3 is 14.4 Å². The molecular weight excluding hydrogens is 346 g/mol. The van der Waals surface area contributed by atoms with Gasteiger partial charge in [0.05, 0.1) is 18.1 Å². The molecule has 1 fully saturated rings. The third kappa shape index (κ3) is 2.77. The SMILES string of the molecule is COC(=O)N1C[C@H](Oc2ccc3ccccc3c2Br)C[C@H]1C. The van der Waals surface area contributed by atoms with Gasteiger partial charge in [0.25, 0.3) is 0 Å². The molecule has 0 saturated carbocycles. The van der Waals surface area contributed by atoms with Gasteiger partial charge in [0.1, 0.15) is 11.9 Å². The summed E-state index contributed by atoms with van der Waals surface area (Å²) in [6.45, 7) is 2.56. The molecule has 2 atom stereocenters. The van der Waals surface area contributed by atoms with E-state index in [1.165, 1.54) is 7.11 Å². The average molecular weight is 364 g/mol. The smallest absolute Gasteiger partial charge is 0.409 e. The number of ether oxygens (including phenoxy) is 2. The third-order valence-electron chi connectivity index (χ3n) is 4.07.